The monoisotopic (exact) mass is 273 g/mol. The van der Waals surface area contributed by atoms with Crippen LogP contribution >= 0.6 is 22.9 Å². The molecule has 1 aliphatic rings. The highest BCUT2D eigenvalue weighted by Gasteiger charge is 2.33. The summed E-state index contributed by atoms with van der Waals surface area (Å²) in [6.45, 7) is 8.24. The number of ether oxygens (including phenoxy) is 1. The molecular formula is C13H20ClNOS. The molecule has 1 aliphatic heterocycles. The van der Waals surface area contributed by atoms with Crippen LogP contribution in [-0.4, -0.2) is 19.3 Å². The molecule has 2 rings (SSSR count). The van der Waals surface area contributed by atoms with Gasteiger partial charge in [0.2, 0.25) is 0 Å². The molecule has 1 aromatic rings. The van der Waals surface area contributed by atoms with Crippen LogP contribution < -0.4 is 5.32 Å². The molecular weight excluding hydrogens is 254 g/mol. The molecule has 2 heterocycles. The van der Waals surface area contributed by atoms with Crippen molar-refractivity contribution in [2.75, 3.05) is 13.2 Å². The number of rotatable bonds is 4. The van der Waals surface area contributed by atoms with Gasteiger partial charge in [-0.25, -0.2) is 0 Å². The van der Waals surface area contributed by atoms with E-state index in [4.69, 9.17) is 16.3 Å². The maximum Gasteiger partial charge on any atom is 0.0960 e. The van der Waals surface area contributed by atoms with Gasteiger partial charge < -0.3 is 10.1 Å². The highest BCUT2D eigenvalue weighted by molar-refractivity contribution is 7.16. The maximum absolute atomic E-state index is 6.18. The van der Waals surface area contributed by atoms with E-state index in [0.29, 0.717) is 18.1 Å². The van der Waals surface area contributed by atoms with Gasteiger partial charge >= 0.3 is 0 Å². The number of halogens is 1. The lowest BCUT2D eigenvalue weighted by atomic mass is 9.92. The van der Waals surface area contributed by atoms with Crippen LogP contribution in [0.3, 0.4) is 0 Å². The zero-order valence-electron chi connectivity index (χ0n) is 10.6. The molecule has 0 amide bonds. The first-order chi connectivity index (χ1) is 8.13. The van der Waals surface area contributed by atoms with Crippen molar-refractivity contribution >= 4 is 22.9 Å². The molecule has 96 valence electrons. The molecule has 0 radical (unpaired) electrons. The Morgan fingerprint density at radius 1 is 1.65 bits per heavy atom. The molecule has 4 heteroatoms. The molecule has 17 heavy (non-hydrogen) atoms. The molecule has 0 bridgehead atoms. The third-order valence-electron chi connectivity index (χ3n) is 3.47. The fourth-order valence-corrected chi connectivity index (χ4v) is 3.88. The second kappa shape index (κ2) is 5.70. The van der Waals surface area contributed by atoms with Crippen molar-refractivity contribution in [1.82, 2.24) is 5.32 Å². The topological polar surface area (TPSA) is 21.3 Å². The van der Waals surface area contributed by atoms with Gasteiger partial charge in [-0.15, -0.1) is 11.3 Å². The lowest BCUT2D eigenvalue weighted by molar-refractivity contribution is 0.0959. The van der Waals surface area contributed by atoms with Gasteiger partial charge in [-0.3, -0.25) is 0 Å². The Bertz CT molecular complexity index is 360. The number of thiophene rings is 1. The van der Waals surface area contributed by atoms with Crippen molar-refractivity contribution in [3.63, 3.8) is 0 Å². The third-order valence-corrected chi connectivity index (χ3v) is 5.11. The molecule has 3 atom stereocenters. The van der Waals surface area contributed by atoms with Crippen LogP contribution in [0.25, 0.3) is 0 Å². The van der Waals surface area contributed by atoms with Gasteiger partial charge in [0.05, 0.1) is 10.4 Å². The molecule has 2 nitrogen and oxygen atoms in total. The fraction of sp³-hybridized carbons (Fsp3) is 0.692. The van der Waals surface area contributed by atoms with E-state index in [1.165, 1.54) is 10.4 Å². The van der Waals surface area contributed by atoms with E-state index >= 15 is 0 Å². The van der Waals surface area contributed by atoms with E-state index in [-0.39, 0.29) is 0 Å². The maximum atomic E-state index is 6.18. The minimum absolute atomic E-state index is 0.334. The first kappa shape index (κ1) is 13.3. The van der Waals surface area contributed by atoms with Crippen LogP contribution in [0, 0.1) is 12.8 Å². The van der Waals surface area contributed by atoms with Crippen molar-refractivity contribution in [3.8, 4) is 0 Å². The summed E-state index contributed by atoms with van der Waals surface area (Å²) < 4.78 is 6.59. The Labute approximate surface area is 112 Å². The average Bonchev–Trinajstić information content (AvgIpc) is 2.83. The van der Waals surface area contributed by atoms with Gasteiger partial charge in [-0.1, -0.05) is 18.5 Å². The predicted octanol–water partition coefficient (Wildman–Crippen LogP) is 3.79. The summed E-state index contributed by atoms with van der Waals surface area (Å²) in [6.07, 6.45) is 1.47. The third kappa shape index (κ3) is 2.84. The Morgan fingerprint density at radius 3 is 2.88 bits per heavy atom. The molecule has 0 aliphatic carbocycles. The van der Waals surface area contributed by atoms with Gasteiger partial charge in [0.15, 0.2) is 0 Å². The molecule has 0 spiro atoms. The number of aryl methyl sites for hydroxylation is 1. The Hall–Kier alpha value is -0.0900. The summed E-state index contributed by atoms with van der Waals surface area (Å²) in [5.41, 5.74) is 1.18. The van der Waals surface area contributed by atoms with E-state index in [1.54, 1.807) is 11.3 Å². The minimum Gasteiger partial charge on any atom is -0.378 e. The lowest BCUT2D eigenvalue weighted by Gasteiger charge is -2.25. The van der Waals surface area contributed by atoms with Crippen molar-refractivity contribution in [3.05, 3.63) is 20.8 Å². The average molecular weight is 274 g/mol. The van der Waals surface area contributed by atoms with E-state index in [1.807, 2.05) is 0 Å². The van der Waals surface area contributed by atoms with E-state index in [9.17, 15) is 0 Å². The normalized spacial score (nSPS) is 26.4. The van der Waals surface area contributed by atoms with Gasteiger partial charge in [0.25, 0.3) is 0 Å². The second-order valence-electron chi connectivity index (χ2n) is 4.67. The Balaban J connectivity index is 2.21. The molecule has 1 saturated heterocycles. The smallest absolute Gasteiger partial charge is 0.0960 e. The fourth-order valence-electron chi connectivity index (χ4n) is 2.51. The summed E-state index contributed by atoms with van der Waals surface area (Å²) in [7, 11) is 0. The summed E-state index contributed by atoms with van der Waals surface area (Å²) in [6, 6.07) is 2.60. The minimum atomic E-state index is 0.334. The second-order valence-corrected chi connectivity index (χ2v) is 6.36. The molecule has 0 saturated carbocycles. The standard InChI is InChI=1S/C13H20ClNOS/c1-4-15-12(10-5-6-16-9(10)3)11-7-8(2)13(14)17-11/h7,9-10,12,15H,4-6H2,1-3H3. The van der Waals surface area contributed by atoms with Crippen molar-refractivity contribution in [2.24, 2.45) is 5.92 Å². The Morgan fingerprint density at radius 2 is 2.41 bits per heavy atom. The lowest BCUT2D eigenvalue weighted by Crippen LogP contribution is -2.31. The highest BCUT2D eigenvalue weighted by Crippen LogP contribution is 2.38. The first-order valence-electron chi connectivity index (χ1n) is 6.24. The van der Waals surface area contributed by atoms with Crippen LogP contribution in [-0.2, 0) is 4.74 Å². The summed E-state index contributed by atoms with van der Waals surface area (Å²) in [4.78, 5) is 1.34. The largest absolute Gasteiger partial charge is 0.378 e. The zero-order chi connectivity index (χ0) is 12.4. The van der Waals surface area contributed by atoms with Crippen molar-refractivity contribution in [2.45, 2.75) is 39.3 Å². The summed E-state index contributed by atoms with van der Waals surface area (Å²) >= 11 is 7.87. The summed E-state index contributed by atoms with van der Waals surface area (Å²) in [5.74, 6) is 0.559. The van der Waals surface area contributed by atoms with Crippen molar-refractivity contribution < 1.29 is 4.74 Å². The molecule has 3 unspecified atom stereocenters. The molecule has 0 aromatic carbocycles. The van der Waals surface area contributed by atoms with Crippen LogP contribution in [0.1, 0.15) is 36.8 Å². The van der Waals surface area contributed by atoms with Crippen LogP contribution in [0.2, 0.25) is 4.34 Å². The number of nitrogens with one attached hydrogen (secondary N) is 1. The van der Waals surface area contributed by atoms with E-state index in [0.717, 1.165) is 23.9 Å². The van der Waals surface area contributed by atoms with E-state index in [2.05, 4.69) is 32.2 Å². The summed E-state index contributed by atoms with van der Waals surface area (Å²) in [5, 5.41) is 3.58. The van der Waals surface area contributed by atoms with Gasteiger partial charge in [0.1, 0.15) is 0 Å². The van der Waals surface area contributed by atoms with Crippen LogP contribution in [0.15, 0.2) is 6.07 Å². The van der Waals surface area contributed by atoms with Gasteiger partial charge in [0, 0.05) is 23.4 Å². The van der Waals surface area contributed by atoms with Crippen molar-refractivity contribution in [1.29, 1.82) is 0 Å². The quantitative estimate of drug-likeness (QED) is 0.901. The number of hydrogen-bond donors (Lipinski definition) is 1. The highest BCUT2D eigenvalue weighted by atomic mass is 35.5. The van der Waals surface area contributed by atoms with Crippen LogP contribution in [0.5, 0.6) is 0 Å². The molecule has 1 N–H and O–H groups in total. The molecule has 1 fully saturated rings. The Kier molecular flexibility index (Phi) is 4.47. The SMILES string of the molecule is CCNC(c1cc(C)c(Cl)s1)C1CCOC1C. The van der Waals surface area contributed by atoms with Gasteiger partial charge in [-0.05, 0) is 38.4 Å². The van der Waals surface area contributed by atoms with Gasteiger partial charge in [-0.2, -0.15) is 0 Å². The first-order valence-corrected chi connectivity index (χ1v) is 7.43. The van der Waals surface area contributed by atoms with E-state index < -0.39 is 0 Å². The number of hydrogen-bond acceptors (Lipinski definition) is 3. The molecule has 1 aromatic heterocycles. The zero-order valence-corrected chi connectivity index (χ0v) is 12.2. The van der Waals surface area contributed by atoms with Crippen LogP contribution in [0.4, 0.5) is 0 Å². The predicted molar refractivity (Wildman–Crippen MR) is 74.0 cm³/mol.